The van der Waals surface area contributed by atoms with Crippen LogP contribution in [0.5, 0.6) is 0 Å². The maximum Gasteiger partial charge on any atom is 0.251 e. The molecule has 2 N–H and O–H groups in total. The number of benzene rings is 2. The lowest BCUT2D eigenvalue weighted by Gasteiger charge is -2.12. The van der Waals surface area contributed by atoms with Crippen molar-refractivity contribution in [1.82, 2.24) is 14.9 Å². The molecule has 0 saturated carbocycles. The summed E-state index contributed by atoms with van der Waals surface area (Å²) in [6.45, 7) is 0.0694. The molecule has 0 heterocycles. The molecule has 2 aromatic rings. The lowest BCUT2D eigenvalue weighted by Crippen LogP contribution is -2.37. The Morgan fingerprint density at radius 2 is 1.83 bits per heavy atom. The highest BCUT2D eigenvalue weighted by atomic mass is 79.9. The van der Waals surface area contributed by atoms with Crippen LogP contribution in [0.4, 0.5) is 4.39 Å². The minimum absolute atomic E-state index is 0.00920. The first-order valence-electron chi connectivity index (χ1n) is 8.62. The first kappa shape index (κ1) is 23.0. The topological polar surface area (TPSA) is 95.6 Å². The number of rotatable bonds is 8. The number of halogens is 2. The van der Waals surface area contributed by atoms with Crippen LogP contribution >= 0.6 is 15.9 Å². The number of sulfonamides is 1. The number of nitrogens with zero attached hydrogens (tertiary/aromatic N) is 1. The van der Waals surface area contributed by atoms with Crippen LogP contribution in [0.3, 0.4) is 0 Å². The van der Waals surface area contributed by atoms with Gasteiger partial charge in [-0.25, -0.2) is 17.1 Å². The van der Waals surface area contributed by atoms with Crippen molar-refractivity contribution >= 4 is 37.8 Å². The summed E-state index contributed by atoms with van der Waals surface area (Å²) < 4.78 is 38.9. The van der Waals surface area contributed by atoms with Gasteiger partial charge in [0.25, 0.3) is 5.91 Å². The highest BCUT2D eigenvalue weighted by Gasteiger charge is 2.18. The average molecular weight is 486 g/mol. The van der Waals surface area contributed by atoms with E-state index in [1.54, 1.807) is 12.1 Å². The zero-order chi connectivity index (χ0) is 21.6. The normalized spacial score (nSPS) is 11.3. The molecule has 2 rings (SSSR count). The highest BCUT2D eigenvalue weighted by Crippen LogP contribution is 2.17. The predicted octanol–water partition coefficient (Wildman–Crippen LogP) is 1.93. The van der Waals surface area contributed by atoms with E-state index < -0.39 is 21.8 Å². The second-order valence-electron chi connectivity index (χ2n) is 6.35. The van der Waals surface area contributed by atoms with Gasteiger partial charge in [0, 0.05) is 26.2 Å². The summed E-state index contributed by atoms with van der Waals surface area (Å²) in [5, 5.41) is 5.11. The fraction of sp³-hybridized carbons (Fsp3) is 0.263. The number of nitrogens with one attached hydrogen (secondary N) is 2. The van der Waals surface area contributed by atoms with Gasteiger partial charge < -0.3 is 10.6 Å². The largest absolute Gasteiger partial charge is 0.354 e. The van der Waals surface area contributed by atoms with Gasteiger partial charge in [-0.15, -0.1) is 0 Å². The van der Waals surface area contributed by atoms with E-state index in [0.29, 0.717) is 17.4 Å². The van der Waals surface area contributed by atoms with Gasteiger partial charge in [-0.05, 0) is 58.2 Å². The minimum atomic E-state index is -3.66. The van der Waals surface area contributed by atoms with Crippen LogP contribution in [-0.4, -0.2) is 51.7 Å². The Kier molecular flexibility index (Phi) is 7.88. The van der Waals surface area contributed by atoms with Crippen molar-refractivity contribution in [3.8, 4) is 0 Å². The van der Waals surface area contributed by atoms with Crippen molar-refractivity contribution < 1.29 is 22.4 Å². The van der Waals surface area contributed by atoms with E-state index in [9.17, 15) is 22.4 Å². The maximum absolute atomic E-state index is 13.2. The second kappa shape index (κ2) is 9.95. The van der Waals surface area contributed by atoms with Crippen molar-refractivity contribution in [2.24, 2.45) is 0 Å². The molecule has 0 aromatic heterocycles. The Balaban J connectivity index is 1.85. The van der Waals surface area contributed by atoms with Crippen LogP contribution in [-0.2, 0) is 21.2 Å². The summed E-state index contributed by atoms with van der Waals surface area (Å²) in [6, 6.07) is 10.2. The van der Waals surface area contributed by atoms with Crippen molar-refractivity contribution in [2.45, 2.75) is 11.3 Å². The Hall–Kier alpha value is -2.30. The lowest BCUT2D eigenvalue weighted by atomic mass is 10.1. The quantitative estimate of drug-likeness (QED) is 0.596. The highest BCUT2D eigenvalue weighted by molar-refractivity contribution is 9.10. The molecule has 0 aliphatic heterocycles. The molecule has 0 bridgehead atoms. The first-order chi connectivity index (χ1) is 13.6. The zero-order valence-corrected chi connectivity index (χ0v) is 18.3. The summed E-state index contributed by atoms with van der Waals surface area (Å²) >= 11 is 3.10. The Morgan fingerprint density at radius 1 is 1.10 bits per heavy atom. The molecule has 0 radical (unpaired) electrons. The van der Waals surface area contributed by atoms with Gasteiger partial charge in [-0.3, -0.25) is 9.59 Å². The van der Waals surface area contributed by atoms with Crippen LogP contribution in [0, 0.1) is 5.82 Å². The third-order valence-corrected chi connectivity index (χ3v) is 6.42. The average Bonchev–Trinajstić information content (AvgIpc) is 2.68. The monoisotopic (exact) mass is 485 g/mol. The molecule has 0 saturated heterocycles. The van der Waals surface area contributed by atoms with Crippen molar-refractivity contribution in [2.75, 3.05) is 27.2 Å². The number of amides is 2. The van der Waals surface area contributed by atoms with Gasteiger partial charge in [-0.2, -0.15) is 0 Å². The second-order valence-corrected chi connectivity index (χ2v) is 9.35. The van der Waals surface area contributed by atoms with Gasteiger partial charge in [0.05, 0.1) is 15.9 Å². The van der Waals surface area contributed by atoms with E-state index in [2.05, 4.69) is 26.6 Å². The van der Waals surface area contributed by atoms with Crippen LogP contribution in [0.25, 0.3) is 0 Å². The van der Waals surface area contributed by atoms with E-state index in [4.69, 9.17) is 0 Å². The van der Waals surface area contributed by atoms with Gasteiger partial charge in [0.1, 0.15) is 5.82 Å². The number of carbonyl (C=O) groups is 2. The summed E-state index contributed by atoms with van der Waals surface area (Å²) in [5.74, 6) is -1.31. The summed E-state index contributed by atoms with van der Waals surface area (Å²) in [6.07, 6.45) is 0.503. The molecular weight excluding hydrogens is 465 g/mol. The van der Waals surface area contributed by atoms with E-state index in [1.165, 1.54) is 44.4 Å². The van der Waals surface area contributed by atoms with Crippen LogP contribution in [0.1, 0.15) is 15.9 Å². The molecular formula is C19H21BrFN3O4S. The first-order valence-corrected chi connectivity index (χ1v) is 10.9. The van der Waals surface area contributed by atoms with E-state index in [1.807, 2.05) is 0 Å². The molecule has 7 nitrogen and oxygen atoms in total. The SMILES string of the molecule is CN(C)S(=O)(=O)c1cccc(C(=O)NCC(=O)NCCc2ccc(F)c(Br)c2)c1. The van der Waals surface area contributed by atoms with Gasteiger partial charge in [0.2, 0.25) is 15.9 Å². The molecule has 0 aliphatic carbocycles. The minimum Gasteiger partial charge on any atom is -0.354 e. The van der Waals surface area contributed by atoms with Crippen molar-refractivity contribution in [3.63, 3.8) is 0 Å². The Bertz CT molecular complexity index is 1010. The Morgan fingerprint density at radius 3 is 2.48 bits per heavy atom. The third-order valence-electron chi connectivity index (χ3n) is 4.00. The van der Waals surface area contributed by atoms with Crippen LogP contribution in [0.15, 0.2) is 51.8 Å². The molecule has 156 valence electrons. The fourth-order valence-electron chi connectivity index (χ4n) is 2.38. The Labute approximate surface area is 177 Å². The van der Waals surface area contributed by atoms with E-state index in [0.717, 1.165) is 9.87 Å². The van der Waals surface area contributed by atoms with Crippen molar-refractivity contribution in [3.05, 3.63) is 63.9 Å². The lowest BCUT2D eigenvalue weighted by molar-refractivity contribution is -0.120. The van der Waals surface area contributed by atoms with E-state index >= 15 is 0 Å². The van der Waals surface area contributed by atoms with Gasteiger partial charge >= 0.3 is 0 Å². The standard InChI is InChI=1S/C19H21BrFN3O4S/c1-24(2)29(27,28)15-5-3-4-14(11-15)19(26)23-12-18(25)22-9-8-13-6-7-17(21)16(20)10-13/h3-7,10-11H,8-9,12H2,1-2H3,(H,22,25)(H,23,26). The van der Waals surface area contributed by atoms with Crippen LogP contribution in [0.2, 0.25) is 0 Å². The molecule has 29 heavy (non-hydrogen) atoms. The zero-order valence-electron chi connectivity index (χ0n) is 15.9. The van der Waals surface area contributed by atoms with Gasteiger partial charge in [-0.1, -0.05) is 12.1 Å². The fourth-order valence-corrected chi connectivity index (χ4v) is 3.75. The molecule has 10 heteroatoms. The van der Waals surface area contributed by atoms with E-state index in [-0.39, 0.29) is 22.8 Å². The number of carbonyl (C=O) groups excluding carboxylic acids is 2. The smallest absolute Gasteiger partial charge is 0.251 e. The third kappa shape index (κ3) is 6.34. The molecule has 2 aromatic carbocycles. The predicted molar refractivity (Wildman–Crippen MR) is 110 cm³/mol. The summed E-state index contributed by atoms with van der Waals surface area (Å²) in [4.78, 5) is 24.1. The molecule has 0 spiro atoms. The van der Waals surface area contributed by atoms with Crippen molar-refractivity contribution in [1.29, 1.82) is 0 Å². The summed E-state index contributed by atoms with van der Waals surface area (Å²) in [7, 11) is -0.861. The molecule has 2 amide bonds. The summed E-state index contributed by atoms with van der Waals surface area (Å²) in [5.41, 5.74) is 0.985. The molecule has 0 atom stereocenters. The number of hydrogen-bond acceptors (Lipinski definition) is 4. The maximum atomic E-state index is 13.2. The van der Waals surface area contributed by atoms with Crippen LogP contribution < -0.4 is 10.6 Å². The number of hydrogen-bond donors (Lipinski definition) is 2. The molecule has 0 aliphatic rings. The molecule has 0 fully saturated rings. The molecule has 0 unspecified atom stereocenters. The van der Waals surface area contributed by atoms with Gasteiger partial charge in [0.15, 0.2) is 0 Å².